The van der Waals surface area contributed by atoms with Gasteiger partial charge in [-0.2, -0.15) is 0 Å². The van der Waals surface area contributed by atoms with Gasteiger partial charge < -0.3 is 5.32 Å². The van der Waals surface area contributed by atoms with Gasteiger partial charge >= 0.3 is 0 Å². The summed E-state index contributed by atoms with van der Waals surface area (Å²) in [4.78, 5) is 0. The van der Waals surface area contributed by atoms with Crippen molar-refractivity contribution in [3.63, 3.8) is 0 Å². The maximum absolute atomic E-state index is 3.59. The fraction of sp³-hybridized carbons (Fsp3) is 0.368. The van der Waals surface area contributed by atoms with Crippen molar-refractivity contribution < 1.29 is 0 Å². The van der Waals surface area contributed by atoms with Gasteiger partial charge in [0.05, 0.1) is 0 Å². The van der Waals surface area contributed by atoms with E-state index in [1.54, 1.807) is 0 Å². The van der Waals surface area contributed by atoms with Crippen LogP contribution in [0.25, 0.3) is 10.8 Å². The van der Waals surface area contributed by atoms with Crippen molar-refractivity contribution >= 4 is 10.8 Å². The van der Waals surface area contributed by atoms with Gasteiger partial charge in [-0.25, -0.2) is 0 Å². The van der Waals surface area contributed by atoms with Crippen LogP contribution in [0.4, 0.5) is 0 Å². The van der Waals surface area contributed by atoms with E-state index in [2.05, 4.69) is 66.5 Å². The second-order valence-electron chi connectivity index (χ2n) is 5.06. The smallest absolute Gasteiger partial charge is 0.0117 e. The Morgan fingerprint density at radius 3 is 2.70 bits per heavy atom. The molecule has 0 fully saturated rings. The zero-order valence-electron chi connectivity index (χ0n) is 12.4. The maximum atomic E-state index is 3.59. The molecule has 0 saturated heterocycles. The third kappa shape index (κ3) is 3.85. The molecule has 0 amide bonds. The minimum absolute atomic E-state index is 0.506. The normalized spacial score (nSPS) is 11.9. The van der Waals surface area contributed by atoms with Crippen LogP contribution in [-0.4, -0.2) is 12.6 Å². The molecule has 1 heteroatoms. The Balaban J connectivity index is 2.16. The van der Waals surface area contributed by atoms with E-state index in [1.165, 1.54) is 16.3 Å². The highest BCUT2D eigenvalue weighted by Crippen LogP contribution is 2.20. The summed E-state index contributed by atoms with van der Waals surface area (Å²) < 4.78 is 0. The van der Waals surface area contributed by atoms with Gasteiger partial charge in [0.2, 0.25) is 0 Å². The van der Waals surface area contributed by atoms with Crippen LogP contribution in [0, 0.1) is 11.8 Å². The number of nitrogens with one attached hydrogen (secondary N) is 1. The molecule has 2 aromatic carbocycles. The third-order valence-corrected chi connectivity index (χ3v) is 3.63. The minimum Gasteiger partial charge on any atom is -0.314 e. The zero-order valence-corrected chi connectivity index (χ0v) is 12.4. The number of fused-ring (bicyclic) bond motifs is 1. The summed E-state index contributed by atoms with van der Waals surface area (Å²) in [7, 11) is 0. The summed E-state index contributed by atoms with van der Waals surface area (Å²) in [5.41, 5.74) is 1.43. The molecular formula is C19H23N. The molecule has 1 atom stereocenters. The summed E-state index contributed by atoms with van der Waals surface area (Å²) >= 11 is 0. The van der Waals surface area contributed by atoms with Gasteiger partial charge in [0, 0.05) is 12.5 Å². The Labute approximate surface area is 122 Å². The predicted octanol–water partition coefficient (Wildman–Crippen LogP) is 4.16. The van der Waals surface area contributed by atoms with Crippen molar-refractivity contribution in [3.8, 4) is 11.8 Å². The number of hydrogen-bond donors (Lipinski definition) is 1. The Hall–Kier alpha value is -1.78. The molecule has 0 aromatic heterocycles. The summed E-state index contributed by atoms with van der Waals surface area (Å²) in [6.45, 7) is 5.09. The van der Waals surface area contributed by atoms with E-state index in [4.69, 9.17) is 0 Å². The van der Waals surface area contributed by atoms with Crippen LogP contribution in [0.1, 0.15) is 32.3 Å². The van der Waals surface area contributed by atoms with E-state index in [0.29, 0.717) is 6.04 Å². The molecule has 2 rings (SSSR count). The highest BCUT2D eigenvalue weighted by Gasteiger charge is 2.09. The first-order chi connectivity index (χ1) is 9.85. The minimum atomic E-state index is 0.506. The fourth-order valence-corrected chi connectivity index (χ4v) is 2.67. The SMILES string of the molecule is CC#CCCC(Cc1cccc2ccccc12)NCC. The lowest BCUT2D eigenvalue weighted by Crippen LogP contribution is -2.30. The van der Waals surface area contributed by atoms with Crippen molar-refractivity contribution in [3.05, 3.63) is 48.0 Å². The lowest BCUT2D eigenvalue weighted by Gasteiger charge is -2.18. The molecule has 0 heterocycles. The molecule has 2 aromatic rings. The highest BCUT2D eigenvalue weighted by molar-refractivity contribution is 5.85. The molecule has 0 aliphatic carbocycles. The molecule has 0 aliphatic rings. The second kappa shape index (κ2) is 7.72. The van der Waals surface area contributed by atoms with Crippen molar-refractivity contribution in [2.45, 2.75) is 39.2 Å². The van der Waals surface area contributed by atoms with Gasteiger partial charge in [0.15, 0.2) is 0 Å². The summed E-state index contributed by atoms with van der Waals surface area (Å²) in [5.74, 6) is 6.15. The molecule has 0 radical (unpaired) electrons. The van der Waals surface area contributed by atoms with Crippen LogP contribution in [0.2, 0.25) is 0 Å². The standard InChI is InChI=1S/C19H23N/c1-3-5-6-13-18(20-4-2)15-17-12-9-11-16-10-7-8-14-19(16)17/h7-12,14,18,20H,4,6,13,15H2,1-2H3. The molecule has 0 bridgehead atoms. The summed E-state index contributed by atoms with van der Waals surface area (Å²) in [6.07, 6.45) is 3.15. The Kier molecular flexibility index (Phi) is 5.65. The third-order valence-electron chi connectivity index (χ3n) is 3.63. The number of rotatable bonds is 6. The Morgan fingerprint density at radius 1 is 1.10 bits per heavy atom. The van der Waals surface area contributed by atoms with Gasteiger partial charge in [-0.3, -0.25) is 0 Å². The van der Waals surface area contributed by atoms with Crippen molar-refractivity contribution in [1.82, 2.24) is 5.32 Å². The van der Waals surface area contributed by atoms with Gasteiger partial charge in [-0.15, -0.1) is 11.8 Å². The largest absolute Gasteiger partial charge is 0.314 e. The van der Waals surface area contributed by atoms with Gasteiger partial charge in [0.1, 0.15) is 0 Å². The van der Waals surface area contributed by atoms with Crippen molar-refractivity contribution in [2.24, 2.45) is 0 Å². The zero-order chi connectivity index (χ0) is 14.2. The van der Waals surface area contributed by atoms with Crippen LogP contribution in [0.3, 0.4) is 0 Å². The molecule has 0 spiro atoms. The monoisotopic (exact) mass is 265 g/mol. The van der Waals surface area contributed by atoms with E-state index in [1.807, 2.05) is 6.92 Å². The van der Waals surface area contributed by atoms with Gasteiger partial charge in [0.25, 0.3) is 0 Å². The summed E-state index contributed by atoms with van der Waals surface area (Å²) in [5, 5.41) is 6.29. The van der Waals surface area contributed by atoms with Crippen LogP contribution < -0.4 is 5.32 Å². The Bertz CT molecular complexity index is 598. The van der Waals surface area contributed by atoms with Gasteiger partial charge in [-0.05, 0) is 42.6 Å². The molecule has 104 valence electrons. The first-order valence-electron chi connectivity index (χ1n) is 7.44. The Morgan fingerprint density at radius 2 is 1.90 bits per heavy atom. The van der Waals surface area contributed by atoms with Crippen LogP contribution >= 0.6 is 0 Å². The van der Waals surface area contributed by atoms with E-state index in [9.17, 15) is 0 Å². The molecule has 1 unspecified atom stereocenters. The lowest BCUT2D eigenvalue weighted by atomic mass is 9.96. The van der Waals surface area contributed by atoms with Crippen LogP contribution in [-0.2, 0) is 6.42 Å². The van der Waals surface area contributed by atoms with E-state index < -0.39 is 0 Å². The molecule has 0 aliphatic heterocycles. The number of hydrogen-bond acceptors (Lipinski definition) is 1. The molecule has 20 heavy (non-hydrogen) atoms. The molecule has 1 nitrogen and oxygen atoms in total. The van der Waals surface area contributed by atoms with Gasteiger partial charge in [-0.1, -0.05) is 49.4 Å². The number of likely N-dealkylation sites (N-methyl/N-ethyl adjacent to an activating group) is 1. The molecule has 1 N–H and O–H groups in total. The molecular weight excluding hydrogens is 242 g/mol. The van der Waals surface area contributed by atoms with Crippen LogP contribution in [0.15, 0.2) is 42.5 Å². The average molecular weight is 265 g/mol. The molecule has 0 saturated carbocycles. The van der Waals surface area contributed by atoms with Crippen LogP contribution in [0.5, 0.6) is 0 Å². The fourth-order valence-electron chi connectivity index (χ4n) is 2.67. The summed E-state index contributed by atoms with van der Waals surface area (Å²) in [6, 6.07) is 15.7. The quantitative estimate of drug-likeness (QED) is 0.773. The maximum Gasteiger partial charge on any atom is 0.0117 e. The van der Waals surface area contributed by atoms with E-state index in [0.717, 1.165) is 25.8 Å². The van der Waals surface area contributed by atoms with Crippen molar-refractivity contribution in [2.75, 3.05) is 6.54 Å². The van der Waals surface area contributed by atoms with E-state index in [-0.39, 0.29) is 0 Å². The number of benzene rings is 2. The first-order valence-corrected chi connectivity index (χ1v) is 7.44. The van der Waals surface area contributed by atoms with Crippen molar-refractivity contribution in [1.29, 1.82) is 0 Å². The van der Waals surface area contributed by atoms with E-state index >= 15 is 0 Å². The second-order valence-corrected chi connectivity index (χ2v) is 5.06. The topological polar surface area (TPSA) is 12.0 Å². The first kappa shape index (κ1) is 14.6. The highest BCUT2D eigenvalue weighted by atomic mass is 14.9. The lowest BCUT2D eigenvalue weighted by molar-refractivity contribution is 0.498. The average Bonchev–Trinajstić information content (AvgIpc) is 2.48. The predicted molar refractivity (Wildman–Crippen MR) is 87.8 cm³/mol.